The van der Waals surface area contributed by atoms with E-state index in [9.17, 15) is 9.59 Å². The van der Waals surface area contributed by atoms with Gasteiger partial charge in [0.05, 0.1) is 0 Å². The van der Waals surface area contributed by atoms with Crippen molar-refractivity contribution in [1.82, 2.24) is 0 Å². The molecule has 0 fully saturated rings. The van der Waals surface area contributed by atoms with Crippen molar-refractivity contribution in [3.63, 3.8) is 0 Å². The van der Waals surface area contributed by atoms with Crippen LogP contribution in [0.4, 0.5) is 11.4 Å². The highest BCUT2D eigenvalue weighted by Gasteiger charge is 2.12. The van der Waals surface area contributed by atoms with Crippen molar-refractivity contribution >= 4 is 23.2 Å². The van der Waals surface area contributed by atoms with Gasteiger partial charge >= 0.3 is 0 Å². The molecular formula is C13H18N2O2. The molecular weight excluding hydrogens is 216 g/mol. The summed E-state index contributed by atoms with van der Waals surface area (Å²) in [6, 6.07) is 1.95. The Bertz CT molecular complexity index is 439. The van der Waals surface area contributed by atoms with Crippen LogP contribution in [-0.2, 0) is 9.59 Å². The summed E-state index contributed by atoms with van der Waals surface area (Å²) in [7, 11) is 0. The number of rotatable bonds is 2. The molecule has 0 radical (unpaired) electrons. The van der Waals surface area contributed by atoms with Crippen molar-refractivity contribution in [2.75, 3.05) is 10.6 Å². The monoisotopic (exact) mass is 234 g/mol. The third-order valence-electron chi connectivity index (χ3n) is 2.57. The van der Waals surface area contributed by atoms with Crippen molar-refractivity contribution in [3.05, 3.63) is 22.8 Å². The zero-order chi connectivity index (χ0) is 13.2. The Hall–Kier alpha value is -1.84. The van der Waals surface area contributed by atoms with E-state index in [2.05, 4.69) is 10.6 Å². The van der Waals surface area contributed by atoms with E-state index in [0.717, 1.165) is 28.1 Å². The molecule has 1 aromatic carbocycles. The van der Waals surface area contributed by atoms with E-state index in [-0.39, 0.29) is 11.8 Å². The van der Waals surface area contributed by atoms with Gasteiger partial charge in [0.1, 0.15) is 0 Å². The normalized spacial score (nSPS) is 9.94. The Kier molecular flexibility index (Phi) is 3.89. The van der Waals surface area contributed by atoms with E-state index < -0.39 is 0 Å². The molecule has 0 aliphatic carbocycles. The molecule has 0 aromatic heterocycles. The largest absolute Gasteiger partial charge is 0.326 e. The van der Waals surface area contributed by atoms with Gasteiger partial charge in [-0.1, -0.05) is 6.07 Å². The molecule has 0 saturated carbocycles. The molecule has 1 aromatic rings. The second kappa shape index (κ2) is 4.99. The molecule has 0 heterocycles. The molecule has 0 saturated heterocycles. The summed E-state index contributed by atoms with van der Waals surface area (Å²) < 4.78 is 0. The highest BCUT2D eigenvalue weighted by Crippen LogP contribution is 2.30. The van der Waals surface area contributed by atoms with E-state index in [0.29, 0.717) is 0 Å². The van der Waals surface area contributed by atoms with Crippen LogP contribution in [0.25, 0.3) is 0 Å². The molecule has 2 amide bonds. The molecule has 0 bridgehead atoms. The number of nitrogens with one attached hydrogen (secondary N) is 2. The number of benzene rings is 1. The zero-order valence-corrected chi connectivity index (χ0v) is 10.9. The highest BCUT2D eigenvalue weighted by atomic mass is 16.2. The van der Waals surface area contributed by atoms with Crippen molar-refractivity contribution in [1.29, 1.82) is 0 Å². The maximum Gasteiger partial charge on any atom is 0.221 e. The van der Waals surface area contributed by atoms with E-state index in [1.807, 2.05) is 26.8 Å². The molecule has 0 aliphatic heterocycles. The van der Waals surface area contributed by atoms with Crippen molar-refractivity contribution in [2.24, 2.45) is 0 Å². The van der Waals surface area contributed by atoms with Gasteiger partial charge in [-0.25, -0.2) is 0 Å². The van der Waals surface area contributed by atoms with Crippen LogP contribution in [0.3, 0.4) is 0 Å². The van der Waals surface area contributed by atoms with E-state index in [1.165, 1.54) is 13.8 Å². The maximum atomic E-state index is 11.1. The summed E-state index contributed by atoms with van der Waals surface area (Å²) in [6.45, 7) is 8.69. The van der Waals surface area contributed by atoms with Gasteiger partial charge < -0.3 is 10.6 Å². The number of carbonyl (C=O) groups is 2. The summed E-state index contributed by atoms with van der Waals surface area (Å²) >= 11 is 0. The van der Waals surface area contributed by atoms with E-state index >= 15 is 0 Å². The minimum atomic E-state index is -0.117. The lowest BCUT2D eigenvalue weighted by atomic mass is 10.0. The first-order valence-electron chi connectivity index (χ1n) is 5.49. The predicted octanol–water partition coefficient (Wildman–Crippen LogP) is 2.53. The highest BCUT2D eigenvalue weighted by molar-refractivity contribution is 5.95. The van der Waals surface area contributed by atoms with Crippen LogP contribution in [0.15, 0.2) is 6.07 Å². The number of carbonyl (C=O) groups excluding carboxylic acids is 2. The van der Waals surface area contributed by atoms with Crippen LogP contribution >= 0.6 is 0 Å². The molecule has 92 valence electrons. The second-order valence-electron chi connectivity index (χ2n) is 4.25. The first kappa shape index (κ1) is 13.2. The average Bonchev–Trinajstić information content (AvgIpc) is 2.18. The number of amides is 2. The molecule has 0 spiro atoms. The molecule has 4 heteroatoms. The van der Waals surface area contributed by atoms with Gasteiger partial charge in [0.15, 0.2) is 0 Å². The Morgan fingerprint density at radius 3 is 1.53 bits per heavy atom. The van der Waals surface area contributed by atoms with Crippen molar-refractivity contribution in [3.8, 4) is 0 Å². The fourth-order valence-corrected chi connectivity index (χ4v) is 1.92. The maximum absolute atomic E-state index is 11.1. The zero-order valence-electron chi connectivity index (χ0n) is 10.9. The first-order valence-corrected chi connectivity index (χ1v) is 5.49. The lowest BCUT2D eigenvalue weighted by molar-refractivity contribution is -0.115. The quantitative estimate of drug-likeness (QED) is 0.826. The van der Waals surface area contributed by atoms with E-state index in [1.54, 1.807) is 0 Å². The van der Waals surface area contributed by atoms with Gasteiger partial charge in [0, 0.05) is 25.2 Å². The lowest BCUT2D eigenvalue weighted by Crippen LogP contribution is -2.13. The first-order chi connectivity index (χ1) is 7.82. The van der Waals surface area contributed by atoms with Crippen LogP contribution in [0, 0.1) is 20.8 Å². The summed E-state index contributed by atoms with van der Waals surface area (Å²) in [5, 5.41) is 5.58. The Balaban J connectivity index is 3.31. The smallest absolute Gasteiger partial charge is 0.221 e. The van der Waals surface area contributed by atoms with Crippen molar-refractivity contribution in [2.45, 2.75) is 34.6 Å². The van der Waals surface area contributed by atoms with E-state index in [4.69, 9.17) is 0 Å². The molecule has 1 rings (SSSR count). The fourth-order valence-electron chi connectivity index (χ4n) is 1.92. The molecule has 17 heavy (non-hydrogen) atoms. The Labute approximate surface area is 101 Å². The number of hydrogen-bond acceptors (Lipinski definition) is 2. The summed E-state index contributed by atoms with van der Waals surface area (Å²) in [6.07, 6.45) is 0. The van der Waals surface area contributed by atoms with Crippen LogP contribution < -0.4 is 10.6 Å². The van der Waals surface area contributed by atoms with Gasteiger partial charge in [-0.15, -0.1) is 0 Å². The number of aryl methyl sites for hydroxylation is 2. The van der Waals surface area contributed by atoms with Crippen LogP contribution in [0.2, 0.25) is 0 Å². The van der Waals surface area contributed by atoms with Crippen molar-refractivity contribution < 1.29 is 9.59 Å². The van der Waals surface area contributed by atoms with Gasteiger partial charge in [-0.05, 0) is 37.5 Å². The third kappa shape index (κ3) is 3.06. The SMILES string of the molecule is CC(=O)Nc1c(C)cc(C)c(NC(C)=O)c1C. The average molecular weight is 234 g/mol. The number of anilines is 2. The lowest BCUT2D eigenvalue weighted by Gasteiger charge is -2.17. The second-order valence-corrected chi connectivity index (χ2v) is 4.25. The Morgan fingerprint density at radius 1 is 0.882 bits per heavy atom. The summed E-state index contributed by atoms with van der Waals surface area (Å²) in [5.74, 6) is -0.234. The Morgan fingerprint density at radius 2 is 1.24 bits per heavy atom. The van der Waals surface area contributed by atoms with Crippen LogP contribution in [0.1, 0.15) is 30.5 Å². The predicted molar refractivity (Wildman–Crippen MR) is 69.3 cm³/mol. The van der Waals surface area contributed by atoms with Gasteiger partial charge in [-0.3, -0.25) is 9.59 Å². The van der Waals surface area contributed by atoms with Gasteiger partial charge in [0.2, 0.25) is 11.8 Å². The minimum absolute atomic E-state index is 0.117. The summed E-state index contributed by atoms with van der Waals surface area (Å²) in [5.41, 5.74) is 4.40. The fraction of sp³-hybridized carbons (Fsp3) is 0.385. The minimum Gasteiger partial charge on any atom is -0.326 e. The molecule has 2 N–H and O–H groups in total. The molecule has 0 atom stereocenters. The van der Waals surface area contributed by atoms with Gasteiger partial charge in [0.25, 0.3) is 0 Å². The van der Waals surface area contributed by atoms with Crippen LogP contribution in [-0.4, -0.2) is 11.8 Å². The topological polar surface area (TPSA) is 58.2 Å². The number of hydrogen-bond donors (Lipinski definition) is 2. The standard InChI is InChI=1S/C13H18N2O2/c1-7-6-8(2)13(15-11(5)17)9(3)12(7)14-10(4)16/h6H,1-5H3,(H,14,16)(H,15,17). The third-order valence-corrected chi connectivity index (χ3v) is 2.57. The van der Waals surface area contributed by atoms with Gasteiger partial charge in [-0.2, -0.15) is 0 Å². The molecule has 0 aliphatic rings. The molecule has 0 unspecified atom stereocenters. The van der Waals surface area contributed by atoms with Crippen LogP contribution in [0.5, 0.6) is 0 Å². The molecule has 4 nitrogen and oxygen atoms in total. The summed E-state index contributed by atoms with van der Waals surface area (Å²) in [4.78, 5) is 22.3.